The minimum Gasteiger partial charge on any atom is -0.464 e. The van der Waals surface area contributed by atoms with E-state index in [4.69, 9.17) is 5.84 Å². The van der Waals surface area contributed by atoms with Gasteiger partial charge in [0.05, 0.1) is 13.3 Å². The van der Waals surface area contributed by atoms with E-state index in [1.807, 2.05) is 0 Å². The van der Waals surface area contributed by atoms with Crippen molar-refractivity contribution in [2.75, 3.05) is 13.0 Å². The molecule has 2 rings (SSSR count). The summed E-state index contributed by atoms with van der Waals surface area (Å²) < 4.78 is 18.4. The highest BCUT2D eigenvalue weighted by molar-refractivity contribution is 5.88. The van der Waals surface area contributed by atoms with E-state index in [0.29, 0.717) is 11.4 Å². The maximum Gasteiger partial charge on any atom is 0.358 e. The molecule has 5 nitrogen and oxygen atoms in total. The maximum absolute atomic E-state index is 12.8. The average molecular weight is 235 g/mol. The fourth-order valence-corrected chi connectivity index (χ4v) is 1.43. The van der Waals surface area contributed by atoms with Crippen molar-refractivity contribution in [2.24, 2.45) is 0 Å². The van der Waals surface area contributed by atoms with Crippen LogP contribution in [0.3, 0.4) is 0 Å². The van der Waals surface area contributed by atoms with Crippen molar-refractivity contribution < 1.29 is 13.9 Å². The van der Waals surface area contributed by atoms with Crippen molar-refractivity contribution in [3.05, 3.63) is 42.0 Å². The van der Waals surface area contributed by atoms with Gasteiger partial charge < -0.3 is 10.6 Å². The number of hydrogen-bond acceptors (Lipinski definition) is 4. The second-order valence-electron chi connectivity index (χ2n) is 3.34. The Balaban J connectivity index is 2.44. The highest BCUT2D eigenvalue weighted by atomic mass is 19.1. The molecular formula is C11H10FN3O2. The van der Waals surface area contributed by atoms with Crippen LogP contribution >= 0.6 is 0 Å². The van der Waals surface area contributed by atoms with Crippen molar-refractivity contribution in [2.45, 2.75) is 0 Å². The van der Waals surface area contributed by atoms with Gasteiger partial charge in [-0.1, -0.05) is 0 Å². The first-order valence-electron chi connectivity index (χ1n) is 4.80. The van der Waals surface area contributed by atoms with E-state index in [1.54, 1.807) is 0 Å². The molecule has 1 aromatic carbocycles. The van der Waals surface area contributed by atoms with Crippen molar-refractivity contribution in [1.82, 2.24) is 9.66 Å². The van der Waals surface area contributed by atoms with E-state index < -0.39 is 5.97 Å². The molecule has 0 aliphatic heterocycles. The minimum atomic E-state index is -0.576. The van der Waals surface area contributed by atoms with Crippen LogP contribution in [0.25, 0.3) is 11.4 Å². The molecular weight excluding hydrogens is 225 g/mol. The number of ether oxygens (including phenoxy) is 1. The van der Waals surface area contributed by atoms with Crippen molar-refractivity contribution >= 4 is 5.97 Å². The average Bonchev–Trinajstić information content (AvgIpc) is 2.71. The summed E-state index contributed by atoms with van der Waals surface area (Å²) in [4.78, 5) is 15.3. The minimum absolute atomic E-state index is 0.131. The molecule has 2 aromatic rings. The third kappa shape index (κ3) is 1.96. The fraction of sp³-hybridized carbons (Fsp3) is 0.0909. The van der Waals surface area contributed by atoms with Crippen LogP contribution in [0, 0.1) is 5.82 Å². The standard InChI is InChI=1S/C11H10FN3O2/c1-17-11(16)9-6-14-10(15(9)13)7-2-4-8(12)5-3-7/h2-6H,13H2,1H3. The van der Waals surface area contributed by atoms with Gasteiger partial charge in [-0.15, -0.1) is 0 Å². The number of halogens is 1. The molecule has 0 unspecified atom stereocenters. The van der Waals surface area contributed by atoms with E-state index in [-0.39, 0.29) is 11.5 Å². The van der Waals surface area contributed by atoms with Crippen LogP contribution in [0.5, 0.6) is 0 Å². The Labute approximate surface area is 96.6 Å². The van der Waals surface area contributed by atoms with Crippen molar-refractivity contribution in [1.29, 1.82) is 0 Å². The van der Waals surface area contributed by atoms with Gasteiger partial charge in [0.15, 0.2) is 11.5 Å². The molecule has 0 fully saturated rings. The number of imidazole rings is 1. The van der Waals surface area contributed by atoms with Crippen molar-refractivity contribution in [3.8, 4) is 11.4 Å². The number of nitrogen functional groups attached to an aromatic ring is 1. The van der Waals surface area contributed by atoms with Crippen LogP contribution in [0.2, 0.25) is 0 Å². The van der Waals surface area contributed by atoms with Gasteiger partial charge in [0.25, 0.3) is 0 Å². The molecule has 0 aliphatic rings. The Morgan fingerprint density at radius 2 is 2.06 bits per heavy atom. The summed E-state index contributed by atoms with van der Waals surface area (Å²) in [5, 5.41) is 0. The lowest BCUT2D eigenvalue weighted by atomic mass is 10.2. The Morgan fingerprint density at radius 1 is 1.41 bits per heavy atom. The molecule has 2 N–H and O–H groups in total. The molecule has 1 aromatic heterocycles. The monoisotopic (exact) mass is 235 g/mol. The summed E-state index contributed by atoms with van der Waals surface area (Å²) in [6.07, 6.45) is 1.31. The van der Waals surface area contributed by atoms with Crippen LogP contribution in [0.1, 0.15) is 10.5 Å². The normalized spacial score (nSPS) is 10.2. The number of rotatable bonds is 2. The Bertz CT molecular complexity index is 548. The molecule has 0 atom stereocenters. The van der Waals surface area contributed by atoms with Crippen LogP contribution < -0.4 is 5.84 Å². The first-order chi connectivity index (χ1) is 8.13. The number of esters is 1. The molecule has 1 heterocycles. The van der Waals surface area contributed by atoms with Gasteiger partial charge in [0.2, 0.25) is 0 Å². The van der Waals surface area contributed by atoms with E-state index in [0.717, 1.165) is 4.68 Å². The lowest BCUT2D eigenvalue weighted by molar-refractivity contribution is 0.0591. The summed E-state index contributed by atoms with van der Waals surface area (Å²) in [7, 11) is 1.26. The van der Waals surface area contributed by atoms with Gasteiger partial charge in [0, 0.05) is 5.56 Å². The second kappa shape index (κ2) is 4.25. The predicted octanol–water partition coefficient (Wildman–Crippen LogP) is 1.19. The number of nitrogens with zero attached hydrogens (tertiary/aromatic N) is 2. The molecule has 0 saturated carbocycles. The lowest BCUT2D eigenvalue weighted by Crippen LogP contribution is -2.18. The van der Waals surface area contributed by atoms with Crippen molar-refractivity contribution in [3.63, 3.8) is 0 Å². The lowest BCUT2D eigenvalue weighted by Gasteiger charge is -2.04. The Kier molecular flexibility index (Phi) is 2.78. The first-order valence-corrected chi connectivity index (χ1v) is 4.80. The largest absolute Gasteiger partial charge is 0.464 e. The highest BCUT2D eigenvalue weighted by Gasteiger charge is 2.15. The number of carbonyl (C=O) groups is 1. The topological polar surface area (TPSA) is 70.1 Å². The zero-order valence-corrected chi connectivity index (χ0v) is 9.05. The summed E-state index contributed by atoms with van der Waals surface area (Å²) in [6, 6.07) is 5.65. The number of carbonyl (C=O) groups excluding carboxylic acids is 1. The van der Waals surface area contributed by atoms with Gasteiger partial charge in [-0.2, -0.15) is 0 Å². The third-order valence-corrected chi connectivity index (χ3v) is 2.29. The van der Waals surface area contributed by atoms with Crippen LogP contribution in [-0.2, 0) is 4.74 Å². The van der Waals surface area contributed by atoms with E-state index in [1.165, 1.54) is 37.6 Å². The second-order valence-corrected chi connectivity index (χ2v) is 3.34. The number of benzene rings is 1. The third-order valence-electron chi connectivity index (χ3n) is 2.29. The smallest absolute Gasteiger partial charge is 0.358 e. The van der Waals surface area contributed by atoms with Gasteiger partial charge in [-0.3, -0.25) is 0 Å². The van der Waals surface area contributed by atoms with Gasteiger partial charge in [-0.25, -0.2) is 18.8 Å². The summed E-state index contributed by atoms with van der Waals surface area (Å²) >= 11 is 0. The predicted molar refractivity (Wildman–Crippen MR) is 59.1 cm³/mol. The molecule has 17 heavy (non-hydrogen) atoms. The molecule has 0 saturated heterocycles. The maximum atomic E-state index is 12.8. The van der Waals surface area contributed by atoms with Gasteiger partial charge in [-0.05, 0) is 24.3 Å². The van der Waals surface area contributed by atoms with E-state index >= 15 is 0 Å². The first kappa shape index (κ1) is 11.1. The molecule has 0 spiro atoms. The number of aromatic nitrogens is 2. The number of nitrogens with two attached hydrogens (primary N) is 1. The van der Waals surface area contributed by atoms with Gasteiger partial charge in [0.1, 0.15) is 5.82 Å². The summed E-state index contributed by atoms with van der Waals surface area (Å²) in [5.41, 5.74) is 0.746. The molecule has 6 heteroatoms. The molecule has 88 valence electrons. The number of methoxy groups -OCH3 is 1. The zero-order valence-electron chi connectivity index (χ0n) is 9.05. The Morgan fingerprint density at radius 3 is 2.65 bits per heavy atom. The van der Waals surface area contributed by atoms with Gasteiger partial charge >= 0.3 is 5.97 Å². The molecule has 0 aliphatic carbocycles. The molecule has 0 amide bonds. The highest BCUT2D eigenvalue weighted by Crippen LogP contribution is 2.18. The van der Waals surface area contributed by atoms with E-state index in [2.05, 4.69) is 9.72 Å². The fourth-order valence-electron chi connectivity index (χ4n) is 1.43. The summed E-state index contributed by atoms with van der Waals surface area (Å²) in [5.74, 6) is 5.15. The van der Waals surface area contributed by atoms with Crippen LogP contribution in [-0.4, -0.2) is 22.7 Å². The molecule has 0 bridgehead atoms. The Hall–Kier alpha value is -2.37. The quantitative estimate of drug-likeness (QED) is 0.627. The number of hydrogen-bond donors (Lipinski definition) is 1. The van der Waals surface area contributed by atoms with Crippen LogP contribution in [0.4, 0.5) is 4.39 Å². The summed E-state index contributed by atoms with van der Waals surface area (Å²) in [6.45, 7) is 0. The molecule has 0 radical (unpaired) electrons. The van der Waals surface area contributed by atoms with E-state index in [9.17, 15) is 9.18 Å². The zero-order chi connectivity index (χ0) is 12.4. The SMILES string of the molecule is COC(=O)c1cnc(-c2ccc(F)cc2)n1N. The van der Waals surface area contributed by atoms with Crippen LogP contribution in [0.15, 0.2) is 30.5 Å².